The fourth-order valence-corrected chi connectivity index (χ4v) is 2.32. The second-order valence-corrected chi connectivity index (χ2v) is 5.37. The standard InChI is InChI=1S/C15H17N5O/c1-10(2)14-17-11(3)8-13-18-19(15(21)20(13)14)9-12-6-4-5-7-16-12/h4-8,10H,9H2,1-3H3. The van der Waals surface area contributed by atoms with E-state index < -0.39 is 0 Å². The highest BCUT2D eigenvalue weighted by Gasteiger charge is 2.15. The van der Waals surface area contributed by atoms with Crippen LogP contribution in [0.1, 0.15) is 37.0 Å². The number of rotatable bonds is 3. The molecule has 0 spiro atoms. The van der Waals surface area contributed by atoms with Crippen molar-refractivity contribution in [3.63, 3.8) is 0 Å². The summed E-state index contributed by atoms with van der Waals surface area (Å²) in [5, 5.41) is 4.40. The molecule has 0 unspecified atom stereocenters. The van der Waals surface area contributed by atoms with Crippen LogP contribution in [0.4, 0.5) is 0 Å². The second-order valence-electron chi connectivity index (χ2n) is 5.37. The molecule has 0 saturated carbocycles. The first-order valence-electron chi connectivity index (χ1n) is 6.93. The van der Waals surface area contributed by atoms with Crippen LogP contribution in [0.2, 0.25) is 0 Å². The van der Waals surface area contributed by atoms with Crippen molar-refractivity contribution < 1.29 is 0 Å². The molecule has 3 aromatic heterocycles. The van der Waals surface area contributed by atoms with E-state index in [9.17, 15) is 4.79 Å². The number of hydrogen-bond acceptors (Lipinski definition) is 4. The Balaban J connectivity index is 2.16. The van der Waals surface area contributed by atoms with E-state index in [0.29, 0.717) is 12.2 Å². The van der Waals surface area contributed by atoms with Crippen molar-refractivity contribution in [1.29, 1.82) is 0 Å². The topological polar surface area (TPSA) is 65.1 Å². The molecule has 3 aromatic rings. The Kier molecular flexibility index (Phi) is 3.29. The van der Waals surface area contributed by atoms with Crippen LogP contribution in [0.25, 0.3) is 5.65 Å². The number of nitrogens with zero attached hydrogens (tertiary/aromatic N) is 5. The number of aryl methyl sites for hydroxylation is 1. The van der Waals surface area contributed by atoms with E-state index in [4.69, 9.17) is 0 Å². The monoisotopic (exact) mass is 283 g/mol. The van der Waals surface area contributed by atoms with E-state index in [2.05, 4.69) is 15.1 Å². The Bertz CT molecular complexity index is 832. The van der Waals surface area contributed by atoms with Gasteiger partial charge in [-0.3, -0.25) is 4.98 Å². The molecular weight excluding hydrogens is 266 g/mol. The molecule has 21 heavy (non-hydrogen) atoms. The van der Waals surface area contributed by atoms with Gasteiger partial charge in [-0.05, 0) is 19.1 Å². The van der Waals surface area contributed by atoms with Crippen molar-refractivity contribution in [3.05, 3.63) is 58.2 Å². The maximum Gasteiger partial charge on any atom is 0.352 e. The highest BCUT2D eigenvalue weighted by Crippen LogP contribution is 2.13. The SMILES string of the molecule is Cc1cc2nn(Cc3ccccn3)c(=O)n2c(C(C)C)n1. The molecule has 0 atom stereocenters. The molecule has 0 aliphatic heterocycles. The number of fused-ring (bicyclic) bond motifs is 1. The summed E-state index contributed by atoms with van der Waals surface area (Å²) in [6.45, 7) is 6.31. The average molecular weight is 283 g/mol. The molecule has 0 aliphatic carbocycles. The largest absolute Gasteiger partial charge is 0.352 e. The predicted octanol–water partition coefficient (Wildman–Crippen LogP) is 1.77. The lowest BCUT2D eigenvalue weighted by Gasteiger charge is -2.07. The molecule has 0 saturated heterocycles. The maximum absolute atomic E-state index is 12.6. The summed E-state index contributed by atoms with van der Waals surface area (Å²) in [5.74, 6) is 0.889. The van der Waals surface area contributed by atoms with Crippen LogP contribution >= 0.6 is 0 Å². The van der Waals surface area contributed by atoms with Crippen LogP contribution in [0.3, 0.4) is 0 Å². The lowest BCUT2D eigenvalue weighted by molar-refractivity contribution is 0.637. The van der Waals surface area contributed by atoms with Crippen molar-refractivity contribution in [2.24, 2.45) is 0 Å². The predicted molar refractivity (Wildman–Crippen MR) is 79.4 cm³/mol. The Hall–Kier alpha value is -2.50. The smallest absolute Gasteiger partial charge is 0.259 e. The summed E-state index contributed by atoms with van der Waals surface area (Å²) in [5.41, 5.74) is 2.12. The summed E-state index contributed by atoms with van der Waals surface area (Å²) < 4.78 is 3.02. The quantitative estimate of drug-likeness (QED) is 0.734. The summed E-state index contributed by atoms with van der Waals surface area (Å²) in [7, 11) is 0. The van der Waals surface area contributed by atoms with Crippen LogP contribution in [-0.2, 0) is 6.54 Å². The zero-order valence-electron chi connectivity index (χ0n) is 12.3. The first-order chi connectivity index (χ1) is 10.1. The van der Waals surface area contributed by atoms with Crippen LogP contribution < -0.4 is 5.69 Å². The molecule has 3 rings (SSSR count). The zero-order valence-corrected chi connectivity index (χ0v) is 12.3. The zero-order chi connectivity index (χ0) is 15.0. The van der Waals surface area contributed by atoms with Crippen molar-refractivity contribution >= 4 is 5.65 Å². The van der Waals surface area contributed by atoms with Gasteiger partial charge in [0.2, 0.25) is 0 Å². The van der Waals surface area contributed by atoms with Gasteiger partial charge < -0.3 is 0 Å². The minimum atomic E-state index is -0.174. The van der Waals surface area contributed by atoms with Gasteiger partial charge >= 0.3 is 5.69 Å². The Morgan fingerprint density at radius 2 is 2.10 bits per heavy atom. The van der Waals surface area contributed by atoms with Gasteiger partial charge in [-0.25, -0.2) is 18.9 Å². The van der Waals surface area contributed by atoms with Crippen LogP contribution in [0, 0.1) is 6.92 Å². The molecule has 0 bridgehead atoms. The van der Waals surface area contributed by atoms with E-state index in [0.717, 1.165) is 17.2 Å². The molecule has 0 aromatic carbocycles. The minimum Gasteiger partial charge on any atom is -0.259 e. The minimum absolute atomic E-state index is 0.151. The molecule has 0 aliphatic rings. The molecule has 108 valence electrons. The third kappa shape index (κ3) is 2.44. The molecule has 6 heteroatoms. The Labute approximate surface area is 122 Å². The first kappa shape index (κ1) is 13.5. The van der Waals surface area contributed by atoms with Crippen LogP contribution in [0.15, 0.2) is 35.3 Å². The average Bonchev–Trinajstić information content (AvgIpc) is 2.75. The molecule has 0 fully saturated rings. The molecule has 0 amide bonds. The first-order valence-corrected chi connectivity index (χ1v) is 6.93. The number of pyridine rings is 1. The van der Waals surface area contributed by atoms with Crippen molar-refractivity contribution in [1.82, 2.24) is 24.1 Å². The van der Waals surface area contributed by atoms with Crippen molar-refractivity contribution in [3.8, 4) is 0 Å². The Morgan fingerprint density at radius 1 is 1.29 bits per heavy atom. The van der Waals surface area contributed by atoms with Crippen molar-refractivity contribution in [2.75, 3.05) is 0 Å². The van der Waals surface area contributed by atoms with E-state index >= 15 is 0 Å². The van der Waals surface area contributed by atoms with Gasteiger partial charge in [0.25, 0.3) is 0 Å². The fraction of sp³-hybridized carbons (Fsp3) is 0.333. The Morgan fingerprint density at radius 3 is 2.76 bits per heavy atom. The van der Waals surface area contributed by atoms with Gasteiger partial charge in [0, 0.05) is 23.9 Å². The maximum atomic E-state index is 12.6. The van der Waals surface area contributed by atoms with Gasteiger partial charge in [0.05, 0.1) is 12.2 Å². The van der Waals surface area contributed by atoms with E-state index in [1.807, 2.05) is 45.0 Å². The van der Waals surface area contributed by atoms with Gasteiger partial charge in [0.1, 0.15) is 5.82 Å². The normalized spacial score (nSPS) is 11.4. The fourth-order valence-electron chi connectivity index (χ4n) is 2.32. The number of hydrogen-bond donors (Lipinski definition) is 0. The van der Waals surface area contributed by atoms with Gasteiger partial charge in [-0.1, -0.05) is 19.9 Å². The molecule has 6 nitrogen and oxygen atoms in total. The molecule has 3 heterocycles. The van der Waals surface area contributed by atoms with E-state index in [1.54, 1.807) is 10.6 Å². The lowest BCUT2D eigenvalue weighted by atomic mass is 10.2. The third-order valence-electron chi connectivity index (χ3n) is 3.28. The summed E-state index contributed by atoms with van der Waals surface area (Å²) in [4.78, 5) is 21.3. The lowest BCUT2D eigenvalue weighted by Crippen LogP contribution is -2.24. The van der Waals surface area contributed by atoms with Crippen LogP contribution in [0.5, 0.6) is 0 Å². The third-order valence-corrected chi connectivity index (χ3v) is 3.28. The molecular formula is C15H17N5O. The molecule has 0 radical (unpaired) electrons. The second kappa shape index (κ2) is 5.12. The van der Waals surface area contributed by atoms with Gasteiger partial charge in [-0.2, -0.15) is 0 Å². The van der Waals surface area contributed by atoms with E-state index in [1.165, 1.54) is 4.68 Å². The summed E-state index contributed by atoms with van der Waals surface area (Å²) >= 11 is 0. The van der Waals surface area contributed by atoms with Gasteiger partial charge in [-0.15, -0.1) is 5.10 Å². The summed E-state index contributed by atoms with van der Waals surface area (Å²) in [6, 6.07) is 7.44. The highest BCUT2D eigenvalue weighted by molar-refractivity contribution is 5.39. The van der Waals surface area contributed by atoms with E-state index in [-0.39, 0.29) is 11.6 Å². The highest BCUT2D eigenvalue weighted by atomic mass is 16.2. The van der Waals surface area contributed by atoms with Crippen LogP contribution in [-0.4, -0.2) is 24.1 Å². The van der Waals surface area contributed by atoms with Crippen molar-refractivity contribution in [2.45, 2.75) is 33.2 Å². The van der Waals surface area contributed by atoms with Gasteiger partial charge in [0.15, 0.2) is 5.65 Å². The molecule has 0 N–H and O–H groups in total. The number of aromatic nitrogens is 5. The summed E-state index contributed by atoms with van der Waals surface area (Å²) in [6.07, 6.45) is 1.71.